The minimum absolute atomic E-state index is 0.0421. The second-order valence-corrected chi connectivity index (χ2v) is 7.15. The molecule has 2 N–H and O–H groups in total. The Hall–Kier alpha value is -1.16. The summed E-state index contributed by atoms with van der Waals surface area (Å²) in [5.74, 6) is 0.0421. The highest BCUT2D eigenvalue weighted by Gasteiger charge is 2.36. The van der Waals surface area contributed by atoms with Crippen molar-refractivity contribution in [2.45, 2.75) is 44.3 Å². The van der Waals surface area contributed by atoms with Gasteiger partial charge in [-0.3, -0.25) is 4.79 Å². The van der Waals surface area contributed by atoms with Gasteiger partial charge in [0.1, 0.15) is 0 Å². The maximum Gasteiger partial charge on any atom is 0.251 e. The molecule has 0 unspecified atom stereocenters. The lowest BCUT2D eigenvalue weighted by Gasteiger charge is -2.40. The van der Waals surface area contributed by atoms with E-state index in [2.05, 4.69) is 23.8 Å². The van der Waals surface area contributed by atoms with Crippen LogP contribution in [0.15, 0.2) is 18.2 Å². The Morgan fingerprint density at radius 2 is 2.14 bits per heavy atom. The van der Waals surface area contributed by atoms with E-state index in [4.69, 9.17) is 0 Å². The molecule has 1 aliphatic carbocycles. The highest BCUT2D eigenvalue weighted by Crippen LogP contribution is 2.42. The molecule has 2 rings (SSSR count). The van der Waals surface area contributed by atoms with Crippen LogP contribution in [-0.4, -0.2) is 30.0 Å². The Morgan fingerprint density at radius 1 is 1.38 bits per heavy atom. The molecular formula is C17H26N2OS. The number of carbonyl (C=O) groups excluding carboxylic acids is 1. The van der Waals surface area contributed by atoms with Gasteiger partial charge in [0.05, 0.1) is 0 Å². The van der Waals surface area contributed by atoms with Crippen LogP contribution in [0.1, 0.15) is 48.5 Å². The monoisotopic (exact) mass is 306 g/mol. The van der Waals surface area contributed by atoms with Crippen LogP contribution in [0.3, 0.4) is 0 Å². The molecule has 3 nitrogen and oxygen atoms in total. The summed E-state index contributed by atoms with van der Waals surface area (Å²) in [6.07, 6.45) is 6.95. The topological polar surface area (TPSA) is 41.1 Å². The molecule has 21 heavy (non-hydrogen) atoms. The average Bonchev–Trinajstić information content (AvgIpc) is 2.45. The van der Waals surface area contributed by atoms with Gasteiger partial charge in [-0.15, -0.1) is 0 Å². The van der Waals surface area contributed by atoms with Gasteiger partial charge in [0.25, 0.3) is 5.91 Å². The quantitative estimate of drug-likeness (QED) is 0.804. The second kappa shape index (κ2) is 7.21. The van der Waals surface area contributed by atoms with Gasteiger partial charge >= 0.3 is 0 Å². The molecular weight excluding hydrogens is 280 g/mol. The lowest BCUT2D eigenvalue weighted by atomic mass is 9.84. The Kier molecular flexibility index (Phi) is 5.57. The first-order valence-electron chi connectivity index (χ1n) is 7.78. The van der Waals surface area contributed by atoms with E-state index in [1.165, 1.54) is 19.3 Å². The van der Waals surface area contributed by atoms with E-state index < -0.39 is 0 Å². The zero-order valence-electron chi connectivity index (χ0n) is 13.3. The van der Waals surface area contributed by atoms with Crippen LogP contribution < -0.4 is 10.6 Å². The first kappa shape index (κ1) is 16.2. The number of amides is 1. The molecule has 0 aromatic heterocycles. The van der Waals surface area contributed by atoms with Gasteiger partial charge in [-0.2, -0.15) is 11.8 Å². The molecule has 4 heteroatoms. The Morgan fingerprint density at radius 3 is 2.67 bits per heavy atom. The summed E-state index contributed by atoms with van der Waals surface area (Å²) in [6.45, 7) is 5.93. The number of carbonyl (C=O) groups is 1. The summed E-state index contributed by atoms with van der Waals surface area (Å²) in [5.41, 5.74) is 3.00. The largest absolute Gasteiger partial charge is 0.385 e. The molecule has 1 fully saturated rings. The van der Waals surface area contributed by atoms with Crippen molar-refractivity contribution in [3.8, 4) is 0 Å². The molecule has 0 spiro atoms. The van der Waals surface area contributed by atoms with Crippen LogP contribution in [-0.2, 0) is 0 Å². The van der Waals surface area contributed by atoms with Crippen molar-refractivity contribution in [1.82, 2.24) is 5.32 Å². The van der Waals surface area contributed by atoms with Crippen LogP contribution in [0.5, 0.6) is 0 Å². The Balaban J connectivity index is 1.94. The third-order valence-electron chi connectivity index (χ3n) is 4.32. The van der Waals surface area contributed by atoms with Gasteiger partial charge in [-0.1, -0.05) is 13.3 Å². The number of rotatable bonds is 7. The smallest absolute Gasteiger partial charge is 0.251 e. The number of hydrogen-bond donors (Lipinski definition) is 2. The van der Waals surface area contributed by atoms with Gasteiger partial charge < -0.3 is 10.6 Å². The lowest BCUT2D eigenvalue weighted by molar-refractivity contribution is 0.0944. The van der Waals surface area contributed by atoms with E-state index in [-0.39, 0.29) is 10.7 Å². The number of benzene rings is 1. The highest BCUT2D eigenvalue weighted by atomic mass is 32.2. The number of anilines is 1. The molecule has 1 aliphatic rings. The summed E-state index contributed by atoms with van der Waals surface area (Å²) >= 11 is 1.89. The zero-order chi connectivity index (χ0) is 15.3. The van der Waals surface area contributed by atoms with Crippen molar-refractivity contribution in [1.29, 1.82) is 0 Å². The van der Waals surface area contributed by atoms with E-state index >= 15 is 0 Å². The SMILES string of the molecule is CCCNc1ccc(C(=O)NCC2(SC)CCC2)cc1C. The normalized spacial score (nSPS) is 16.1. The maximum absolute atomic E-state index is 12.3. The lowest BCUT2D eigenvalue weighted by Crippen LogP contribution is -2.45. The number of aryl methyl sites for hydroxylation is 1. The van der Waals surface area contributed by atoms with Crippen molar-refractivity contribution in [2.24, 2.45) is 0 Å². The molecule has 1 aromatic carbocycles. The van der Waals surface area contributed by atoms with Gasteiger partial charge in [-0.25, -0.2) is 0 Å². The average molecular weight is 306 g/mol. The standard InChI is InChI=1S/C17H26N2OS/c1-4-10-18-15-7-6-14(11-13(15)2)16(20)19-12-17(21-3)8-5-9-17/h6-7,11,18H,4-5,8-10,12H2,1-3H3,(H,19,20). The molecule has 1 amide bonds. The van der Waals surface area contributed by atoms with E-state index in [1.807, 2.05) is 36.9 Å². The summed E-state index contributed by atoms with van der Waals surface area (Å²) in [6, 6.07) is 5.89. The second-order valence-electron chi connectivity index (χ2n) is 5.88. The first-order valence-corrected chi connectivity index (χ1v) is 9.00. The van der Waals surface area contributed by atoms with Crippen LogP contribution in [0.4, 0.5) is 5.69 Å². The van der Waals surface area contributed by atoms with Crippen LogP contribution >= 0.6 is 11.8 Å². The van der Waals surface area contributed by atoms with Crippen molar-refractivity contribution in [3.63, 3.8) is 0 Å². The fourth-order valence-electron chi connectivity index (χ4n) is 2.63. The summed E-state index contributed by atoms with van der Waals surface area (Å²) < 4.78 is 0.285. The minimum atomic E-state index is 0.0421. The zero-order valence-corrected chi connectivity index (χ0v) is 14.1. The maximum atomic E-state index is 12.3. The molecule has 0 saturated heterocycles. The Bertz CT molecular complexity index is 492. The Labute approximate surface area is 132 Å². The molecule has 0 heterocycles. The molecule has 0 radical (unpaired) electrons. The van der Waals surface area contributed by atoms with E-state index in [0.29, 0.717) is 0 Å². The molecule has 0 bridgehead atoms. The minimum Gasteiger partial charge on any atom is -0.385 e. The predicted molar refractivity (Wildman–Crippen MR) is 92.4 cm³/mol. The van der Waals surface area contributed by atoms with Crippen molar-refractivity contribution in [2.75, 3.05) is 24.7 Å². The molecule has 116 valence electrons. The van der Waals surface area contributed by atoms with Gasteiger partial charge in [0, 0.05) is 29.1 Å². The molecule has 1 aromatic rings. The number of hydrogen-bond acceptors (Lipinski definition) is 3. The van der Waals surface area contributed by atoms with Gasteiger partial charge in [-0.05, 0) is 56.2 Å². The highest BCUT2D eigenvalue weighted by molar-refractivity contribution is 8.00. The number of nitrogens with one attached hydrogen (secondary N) is 2. The molecule has 1 saturated carbocycles. The fraction of sp³-hybridized carbons (Fsp3) is 0.588. The van der Waals surface area contributed by atoms with Crippen molar-refractivity contribution < 1.29 is 4.79 Å². The van der Waals surface area contributed by atoms with E-state index in [9.17, 15) is 4.79 Å². The third kappa shape index (κ3) is 3.94. The predicted octanol–water partition coefficient (Wildman–Crippen LogP) is 3.83. The van der Waals surface area contributed by atoms with Crippen molar-refractivity contribution in [3.05, 3.63) is 29.3 Å². The number of thioether (sulfide) groups is 1. The van der Waals surface area contributed by atoms with E-state index in [0.717, 1.165) is 36.3 Å². The van der Waals surface area contributed by atoms with E-state index in [1.54, 1.807) is 0 Å². The summed E-state index contributed by atoms with van der Waals surface area (Å²) in [7, 11) is 0. The van der Waals surface area contributed by atoms with Crippen LogP contribution in [0.2, 0.25) is 0 Å². The summed E-state index contributed by atoms with van der Waals surface area (Å²) in [5, 5.41) is 6.48. The van der Waals surface area contributed by atoms with Crippen LogP contribution in [0, 0.1) is 6.92 Å². The van der Waals surface area contributed by atoms with Crippen LogP contribution in [0.25, 0.3) is 0 Å². The first-order chi connectivity index (χ1) is 10.1. The van der Waals surface area contributed by atoms with Gasteiger partial charge in [0.15, 0.2) is 0 Å². The molecule has 0 atom stereocenters. The summed E-state index contributed by atoms with van der Waals surface area (Å²) in [4.78, 5) is 12.3. The third-order valence-corrected chi connectivity index (χ3v) is 5.74. The van der Waals surface area contributed by atoms with Gasteiger partial charge in [0.2, 0.25) is 0 Å². The van der Waals surface area contributed by atoms with Crippen molar-refractivity contribution >= 4 is 23.4 Å². The fourth-order valence-corrected chi connectivity index (χ4v) is 3.54. The molecule has 0 aliphatic heterocycles.